The zero-order valence-electron chi connectivity index (χ0n) is 16.0. The van der Waals surface area contributed by atoms with Gasteiger partial charge in [-0.25, -0.2) is 0 Å². The lowest BCUT2D eigenvalue weighted by atomic mass is 10.1. The molecule has 2 aromatic carbocycles. The van der Waals surface area contributed by atoms with Crippen molar-refractivity contribution in [3.05, 3.63) is 87.7 Å². The van der Waals surface area contributed by atoms with E-state index < -0.39 is 5.91 Å². The molecule has 0 fully saturated rings. The number of anilines is 1. The third-order valence-electron chi connectivity index (χ3n) is 4.58. The monoisotopic (exact) mass is 389 g/mol. The molecular weight excluding hydrogens is 370 g/mol. The lowest BCUT2D eigenvalue weighted by molar-refractivity contribution is -0.112. The van der Waals surface area contributed by atoms with Crippen LogP contribution >= 0.6 is 11.6 Å². The quantitative estimate of drug-likeness (QED) is 0.466. The van der Waals surface area contributed by atoms with Crippen LogP contribution in [0.1, 0.15) is 22.5 Å². The van der Waals surface area contributed by atoms with Gasteiger partial charge in [-0.3, -0.25) is 4.79 Å². The maximum absolute atomic E-state index is 12.5. The van der Waals surface area contributed by atoms with Crippen molar-refractivity contribution in [2.24, 2.45) is 0 Å². The molecule has 0 saturated heterocycles. The number of hydrogen-bond donors (Lipinski definition) is 1. The molecule has 1 amide bonds. The Balaban J connectivity index is 1.98. The number of para-hydroxylation sites is 1. The minimum Gasteiger partial charge on any atom is -0.321 e. The number of carbonyl (C=O) groups is 1. The van der Waals surface area contributed by atoms with Crippen LogP contribution in [0.25, 0.3) is 11.8 Å². The minimum absolute atomic E-state index is 0.0481. The van der Waals surface area contributed by atoms with E-state index in [0.717, 1.165) is 28.2 Å². The summed E-state index contributed by atoms with van der Waals surface area (Å²) < 4.78 is 2.08. The number of benzene rings is 2. The topological polar surface area (TPSA) is 57.8 Å². The maximum Gasteiger partial charge on any atom is 0.266 e. The molecule has 1 heterocycles. The number of amides is 1. The van der Waals surface area contributed by atoms with Crippen molar-refractivity contribution in [1.82, 2.24) is 4.57 Å². The van der Waals surface area contributed by atoms with Crippen LogP contribution in [0, 0.1) is 32.1 Å². The van der Waals surface area contributed by atoms with E-state index in [-0.39, 0.29) is 5.57 Å². The highest BCUT2D eigenvalue weighted by Gasteiger charge is 2.15. The Labute approximate surface area is 169 Å². The van der Waals surface area contributed by atoms with Gasteiger partial charge in [0.25, 0.3) is 5.91 Å². The molecule has 3 rings (SSSR count). The zero-order chi connectivity index (χ0) is 20.3. The van der Waals surface area contributed by atoms with Crippen LogP contribution < -0.4 is 5.32 Å². The SMILES string of the molecule is Cc1ccc(Cl)cc1-n1c(C)cc(/C=C(/C#N)C(=O)Nc2ccccc2)c1C. The Morgan fingerprint density at radius 1 is 1.11 bits per heavy atom. The number of carbonyl (C=O) groups excluding carboxylic acids is 1. The first-order valence-corrected chi connectivity index (χ1v) is 9.22. The molecule has 0 atom stereocenters. The summed E-state index contributed by atoms with van der Waals surface area (Å²) in [6, 6.07) is 18.8. The maximum atomic E-state index is 12.5. The molecule has 0 unspecified atom stereocenters. The van der Waals surface area contributed by atoms with E-state index in [9.17, 15) is 10.1 Å². The Morgan fingerprint density at radius 3 is 2.50 bits per heavy atom. The van der Waals surface area contributed by atoms with E-state index in [1.54, 1.807) is 18.2 Å². The summed E-state index contributed by atoms with van der Waals surface area (Å²) >= 11 is 6.18. The molecule has 0 aliphatic heterocycles. The first-order chi connectivity index (χ1) is 13.4. The predicted molar refractivity (Wildman–Crippen MR) is 114 cm³/mol. The largest absolute Gasteiger partial charge is 0.321 e. The van der Waals surface area contributed by atoms with Gasteiger partial charge in [0.05, 0.1) is 0 Å². The van der Waals surface area contributed by atoms with E-state index in [2.05, 4.69) is 9.88 Å². The molecule has 0 saturated carbocycles. The van der Waals surface area contributed by atoms with Crippen LogP contribution in [-0.4, -0.2) is 10.5 Å². The Kier molecular flexibility index (Phi) is 5.67. The molecule has 5 heteroatoms. The molecule has 4 nitrogen and oxygen atoms in total. The van der Waals surface area contributed by atoms with Crippen molar-refractivity contribution in [3.63, 3.8) is 0 Å². The lowest BCUT2D eigenvalue weighted by Crippen LogP contribution is -2.13. The number of aryl methyl sites for hydroxylation is 2. The predicted octanol–water partition coefficient (Wildman–Crippen LogP) is 5.60. The Hall–Kier alpha value is -3.29. The van der Waals surface area contributed by atoms with Crippen molar-refractivity contribution in [3.8, 4) is 11.8 Å². The average Bonchev–Trinajstić information content (AvgIpc) is 2.95. The molecule has 0 spiro atoms. The summed E-state index contributed by atoms with van der Waals surface area (Å²) in [6.07, 6.45) is 1.62. The van der Waals surface area contributed by atoms with Crippen LogP contribution in [0.5, 0.6) is 0 Å². The van der Waals surface area contributed by atoms with Crippen molar-refractivity contribution in [2.45, 2.75) is 20.8 Å². The first kappa shape index (κ1) is 19.5. The fourth-order valence-electron chi connectivity index (χ4n) is 3.15. The van der Waals surface area contributed by atoms with Crippen molar-refractivity contribution < 1.29 is 4.79 Å². The zero-order valence-corrected chi connectivity index (χ0v) is 16.7. The van der Waals surface area contributed by atoms with E-state index >= 15 is 0 Å². The van der Waals surface area contributed by atoms with Crippen LogP contribution in [0.2, 0.25) is 5.02 Å². The number of halogens is 1. The molecule has 3 aromatic rings. The van der Waals surface area contributed by atoms with Gasteiger partial charge in [0.1, 0.15) is 11.6 Å². The summed E-state index contributed by atoms with van der Waals surface area (Å²) in [7, 11) is 0. The standard InChI is InChI=1S/C23H20ClN3O/c1-15-9-10-20(24)13-22(15)27-16(2)11-18(17(27)3)12-19(14-25)23(28)26-21-7-5-4-6-8-21/h4-13H,1-3H3,(H,26,28)/b19-12-. The number of rotatable bonds is 4. The molecule has 1 aromatic heterocycles. The minimum atomic E-state index is -0.433. The second kappa shape index (κ2) is 8.16. The number of nitriles is 1. The number of nitrogens with one attached hydrogen (secondary N) is 1. The van der Waals surface area contributed by atoms with Crippen LogP contribution in [0.4, 0.5) is 5.69 Å². The highest BCUT2D eigenvalue weighted by molar-refractivity contribution is 6.30. The molecule has 28 heavy (non-hydrogen) atoms. The van der Waals surface area contributed by atoms with Gasteiger partial charge in [-0.1, -0.05) is 35.9 Å². The van der Waals surface area contributed by atoms with Gasteiger partial charge < -0.3 is 9.88 Å². The normalized spacial score (nSPS) is 11.2. The Morgan fingerprint density at radius 2 is 1.82 bits per heavy atom. The van der Waals surface area contributed by atoms with Crippen molar-refractivity contribution >= 4 is 29.3 Å². The number of aromatic nitrogens is 1. The molecule has 1 N–H and O–H groups in total. The first-order valence-electron chi connectivity index (χ1n) is 8.84. The summed E-state index contributed by atoms with van der Waals surface area (Å²) in [5.74, 6) is -0.433. The van der Waals surface area contributed by atoms with Gasteiger partial charge in [-0.05, 0) is 68.3 Å². The van der Waals surface area contributed by atoms with E-state index in [0.29, 0.717) is 10.7 Å². The summed E-state index contributed by atoms with van der Waals surface area (Å²) in [5.41, 5.74) is 5.51. The van der Waals surface area contributed by atoms with E-state index in [4.69, 9.17) is 11.6 Å². The van der Waals surface area contributed by atoms with Crippen LogP contribution in [-0.2, 0) is 4.79 Å². The third kappa shape index (κ3) is 4.00. The third-order valence-corrected chi connectivity index (χ3v) is 4.81. The van der Waals surface area contributed by atoms with E-state index in [1.807, 2.05) is 69.3 Å². The van der Waals surface area contributed by atoms with Crippen LogP contribution in [0.3, 0.4) is 0 Å². The van der Waals surface area contributed by atoms with Gasteiger partial charge in [-0.2, -0.15) is 5.26 Å². The Bertz CT molecular complexity index is 1100. The summed E-state index contributed by atoms with van der Waals surface area (Å²) in [6.45, 7) is 5.97. The molecular formula is C23H20ClN3O. The fourth-order valence-corrected chi connectivity index (χ4v) is 3.32. The molecule has 0 aliphatic carbocycles. The number of hydrogen-bond acceptors (Lipinski definition) is 2. The summed E-state index contributed by atoms with van der Waals surface area (Å²) in [4.78, 5) is 12.5. The van der Waals surface area contributed by atoms with Crippen molar-refractivity contribution in [2.75, 3.05) is 5.32 Å². The van der Waals surface area contributed by atoms with Gasteiger partial charge >= 0.3 is 0 Å². The molecule has 0 radical (unpaired) electrons. The van der Waals surface area contributed by atoms with E-state index in [1.165, 1.54) is 0 Å². The average molecular weight is 390 g/mol. The van der Waals surface area contributed by atoms with Crippen LogP contribution in [0.15, 0.2) is 60.2 Å². The smallest absolute Gasteiger partial charge is 0.266 e. The summed E-state index contributed by atoms with van der Waals surface area (Å²) in [5, 5.41) is 12.9. The molecule has 0 bridgehead atoms. The van der Waals surface area contributed by atoms with Gasteiger partial charge in [0.2, 0.25) is 0 Å². The molecule has 0 aliphatic rings. The van der Waals surface area contributed by atoms with Crippen molar-refractivity contribution in [1.29, 1.82) is 5.26 Å². The van der Waals surface area contributed by atoms with Gasteiger partial charge in [-0.15, -0.1) is 0 Å². The second-order valence-corrected chi connectivity index (χ2v) is 7.02. The second-order valence-electron chi connectivity index (χ2n) is 6.58. The molecule has 140 valence electrons. The van der Waals surface area contributed by atoms with Gasteiger partial charge in [0.15, 0.2) is 0 Å². The highest BCUT2D eigenvalue weighted by Crippen LogP contribution is 2.27. The highest BCUT2D eigenvalue weighted by atomic mass is 35.5. The number of nitrogens with zero attached hydrogens (tertiary/aromatic N) is 2. The van der Waals surface area contributed by atoms with Gasteiger partial charge in [0, 0.05) is 27.8 Å². The fraction of sp³-hybridized carbons (Fsp3) is 0.130. The lowest BCUT2D eigenvalue weighted by Gasteiger charge is -2.13.